The van der Waals surface area contributed by atoms with Gasteiger partial charge >= 0.3 is 5.97 Å². The highest BCUT2D eigenvalue weighted by molar-refractivity contribution is 5.94. The van der Waals surface area contributed by atoms with Crippen molar-refractivity contribution >= 4 is 11.7 Å². The minimum atomic E-state index is -0.534. The molecule has 0 radical (unpaired) electrons. The summed E-state index contributed by atoms with van der Waals surface area (Å²) < 4.78 is 10.4. The van der Waals surface area contributed by atoms with Gasteiger partial charge in [-0.1, -0.05) is 24.3 Å². The van der Waals surface area contributed by atoms with Crippen LogP contribution in [-0.4, -0.2) is 18.2 Å². The zero-order valence-corrected chi connectivity index (χ0v) is 11.0. The number of nitrogen functional groups attached to an aromatic ring is 1. The molecular weight excluding hydrogens is 258 g/mol. The lowest BCUT2D eigenvalue weighted by molar-refractivity contribution is 0.0598. The largest absolute Gasteiger partial charge is 0.465 e. The molecule has 0 aliphatic rings. The van der Waals surface area contributed by atoms with Crippen molar-refractivity contribution in [2.75, 3.05) is 12.8 Å². The Labute approximate surface area is 116 Å². The molecule has 0 saturated carbocycles. The summed E-state index contributed by atoms with van der Waals surface area (Å²) in [6.07, 6.45) is 0. The lowest BCUT2D eigenvalue weighted by Crippen LogP contribution is -2.06. The number of para-hydroxylation sites is 2. The molecule has 20 heavy (non-hydrogen) atoms. The molecule has 0 unspecified atom stereocenters. The molecule has 5 heteroatoms. The number of methoxy groups -OCH3 is 1. The number of ether oxygens (including phenoxy) is 2. The first-order valence-electron chi connectivity index (χ1n) is 6.00. The van der Waals surface area contributed by atoms with Gasteiger partial charge in [-0.25, -0.2) is 4.79 Å². The van der Waals surface area contributed by atoms with Crippen molar-refractivity contribution in [1.82, 2.24) is 0 Å². The van der Waals surface area contributed by atoms with Crippen molar-refractivity contribution in [3.63, 3.8) is 0 Å². The van der Waals surface area contributed by atoms with Crippen LogP contribution in [0.5, 0.6) is 11.5 Å². The molecule has 0 atom stereocenters. The van der Waals surface area contributed by atoms with Gasteiger partial charge in [0.25, 0.3) is 0 Å². The summed E-state index contributed by atoms with van der Waals surface area (Å²) in [5.41, 5.74) is 7.02. The molecule has 0 spiro atoms. The minimum Gasteiger partial charge on any atom is -0.465 e. The van der Waals surface area contributed by atoms with Gasteiger partial charge in [-0.05, 0) is 18.2 Å². The third kappa shape index (κ3) is 2.73. The van der Waals surface area contributed by atoms with Crippen LogP contribution >= 0.6 is 0 Å². The molecule has 0 amide bonds. The molecule has 0 fully saturated rings. The average molecular weight is 273 g/mol. The van der Waals surface area contributed by atoms with Gasteiger partial charge in [-0.3, -0.25) is 0 Å². The topological polar surface area (TPSA) is 81.8 Å². The van der Waals surface area contributed by atoms with Crippen molar-refractivity contribution in [1.29, 1.82) is 0 Å². The van der Waals surface area contributed by atoms with Gasteiger partial charge in [0, 0.05) is 5.56 Å². The van der Waals surface area contributed by atoms with Crippen LogP contribution in [0.1, 0.15) is 15.9 Å². The van der Waals surface area contributed by atoms with E-state index >= 15 is 0 Å². The number of esters is 1. The summed E-state index contributed by atoms with van der Waals surface area (Å²) in [6.45, 7) is -0.170. The van der Waals surface area contributed by atoms with E-state index < -0.39 is 5.97 Å². The predicted molar refractivity (Wildman–Crippen MR) is 74.6 cm³/mol. The Morgan fingerprint density at radius 1 is 1.20 bits per heavy atom. The summed E-state index contributed by atoms with van der Waals surface area (Å²) in [4.78, 5) is 11.7. The third-order valence-electron chi connectivity index (χ3n) is 2.81. The van der Waals surface area contributed by atoms with Gasteiger partial charge < -0.3 is 20.3 Å². The zero-order chi connectivity index (χ0) is 14.5. The zero-order valence-electron chi connectivity index (χ0n) is 11.0. The van der Waals surface area contributed by atoms with E-state index in [4.69, 9.17) is 15.2 Å². The van der Waals surface area contributed by atoms with Gasteiger partial charge in [0.05, 0.1) is 19.4 Å². The second-order valence-electron chi connectivity index (χ2n) is 4.08. The summed E-state index contributed by atoms with van der Waals surface area (Å²) in [7, 11) is 1.29. The van der Waals surface area contributed by atoms with E-state index in [1.165, 1.54) is 7.11 Å². The van der Waals surface area contributed by atoms with Crippen molar-refractivity contribution in [3.05, 3.63) is 53.6 Å². The molecule has 2 aromatic rings. The molecule has 3 N–H and O–H groups in total. The fraction of sp³-hybridized carbons (Fsp3) is 0.133. The number of anilines is 1. The van der Waals surface area contributed by atoms with Gasteiger partial charge in [0.1, 0.15) is 11.3 Å². The lowest BCUT2D eigenvalue weighted by atomic mass is 10.1. The van der Waals surface area contributed by atoms with Gasteiger partial charge in [-0.15, -0.1) is 0 Å². The number of hydrogen-bond acceptors (Lipinski definition) is 5. The molecule has 0 heterocycles. The second-order valence-corrected chi connectivity index (χ2v) is 4.08. The molecule has 104 valence electrons. The molecule has 0 aromatic heterocycles. The van der Waals surface area contributed by atoms with E-state index in [0.29, 0.717) is 17.0 Å². The Morgan fingerprint density at radius 2 is 1.95 bits per heavy atom. The Bertz CT molecular complexity index is 625. The van der Waals surface area contributed by atoms with Crippen molar-refractivity contribution in [2.45, 2.75) is 6.61 Å². The standard InChI is InChI=1S/C15H15NO4/c1-19-15(18)11-6-4-7-12(16)14(11)20-13-8-3-2-5-10(13)9-17/h2-8,17H,9,16H2,1H3. The Kier molecular flexibility index (Phi) is 4.22. The maximum Gasteiger partial charge on any atom is 0.341 e. The number of carbonyl (C=O) groups is 1. The highest BCUT2D eigenvalue weighted by atomic mass is 16.5. The van der Waals surface area contributed by atoms with Crippen molar-refractivity contribution < 1.29 is 19.4 Å². The van der Waals surface area contributed by atoms with E-state index in [2.05, 4.69) is 0 Å². The maximum atomic E-state index is 11.7. The monoisotopic (exact) mass is 273 g/mol. The first kappa shape index (κ1) is 13.9. The maximum absolute atomic E-state index is 11.7. The summed E-state index contributed by atoms with van der Waals surface area (Å²) in [5, 5.41) is 9.29. The van der Waals surface area contributed by atoms with E-state index in [1.54, 1.807) is 42.5 Å². The van der Waals surface area contributed by atoms with Gasteiger partial charge in [0.2, 0.25) is 0 Å². The van der Waals surface area contributed by atoms with E-state index in [-0.39, 0.29) is 17.9 Å². The van der Waals surface area contributed by atoms with Gasteiger partial charge in [0.15, 0.2) is 5.75 Å². The molecule has 0 bridgehead atoms. The normalized spacial score (nSPS) is 10.1. The van der Waals surface area contributed by atoms with Gasteiger partial charge in [-0.2, -0.15) is 0 Å². The number of nitrogens with two attached hydrogens (primary N) is 1. The number of rotatable bonds is 4. The highest BCUT2D eigenvalue weighted by Crippen LogP contribution is 2.33. The van der Waals surface area contributed by atoms with Crippen LogP contribution in [0, 0.1) is 0 Å². The molecule has 0 saturated heterocycles. The SMILES string of the molecule is COC(=O)c1cccc(N)c1Oc1ccccc1CO. The molecule has 0 aliphatic heterocycles. The molecule has 2 rings (SSSR count). The summed E-state index contributed by atoms with van der Waals surface area (Å²) in [6, 6.07) is 11.8. The molecule has 0 aliphatic carbocycles. The summed E-state index contributed by atoms with van der Waals surface area (Å²) >= 11 is 0. The van der Waals surface area contributed by atoms with Crippen LogP contribution in [0.15, 0.2) is 42.5 Å². The fourth-order valence-electron chi connectivity index (χ4n) is 1.78. The number of hydrogen-bond donors (Lipinski definition) is 2. The van der Waals surface area contributed by atoms with Crippen LogP contribution in [0.4, 0.5) is 5.69 Å². The Balaban J connectivity index is 2.45. The third-order valence-corrected chi connectivity index (χ3v) is 2.81. The minimum absolute atomic E-state index is 0.170. The molecular formula is C15H15NO4. The second kappa shape index (κ2) is 6.08. The number of aliphatic hydroxyl groups excluding tert-OH is 1. The number of carbonyl (C=O) groups excluding carboxylic acids is 1. The summed E-state index contributed by atoms with van der Waals surface area (Å²) in [5.74, 6) is 0.132. The smallest absolute Gasteiger partial charge is 0.341 e. The first-order valence-corrected chi connectivity index (χ1v) is 6.00. The van der Waals surface area contributed by atoms with E-state index in [9.17, 15) is 9.90 Å². The van der Waals surface area contributed by atoms with Crippen LogP contribution in [0.2, 0.25) is 0 Å². The van der Waals surface area contributed by atoms with E-state index in [0.717, 1.165) is 0 Å². The first-order chi connectivity index (χ1) is 9.67. The number of benzene rings is 2. The van der Waals surface area contributed by atoms with Crippen molar-refractivity contribution in [3.8, 4) is 11.5 Å². The Hall–Kier alpha value is -2.53. The quantitative estimate of drug-likeness (QED) is 0.660. The molecule has 2 aromatic carbocycles. The Morgan fingerprint density at radius 3 is 2.65 bits per heavy atom. The average Bonchev–Trinajstić information content (AvgIpc) is 2.49. The van der Waals surface area contributed by atoms with Crippen LogP contribution in [0.25, 0.3) is 0 Å². The number of aliphatic hydroxyl groups is 1. The van der Waals surface area contributed by atoms with Crippen LogP contribution < -0.4 is 10.5 Å². The molecule has 5 nitrogen and oxygen atoms in total. The lowest BCUT2D eigenvalue weighted by Gasteiger charge is -2.14. The van der Waals surface area contributed by atoms with E-state index in [1.807, 2.05) is 0 Å². The van der Waals surface area contributed by atoms with Crippen LogP contribution in [0.3, 0.4) is 0 Å². The van der Waals surface area contributed by atoms with Crippen LogP contribution in [-0.2, 0) is 11.3 Å². The van der Waals surface area contributed by atoms with Crippen molar-refractivity contribution in [2.24, 2.45) is 0 Å². The fourth-order valence-corrected chi connectivity index (χ4v) is 1.78. The predicted octanol–water partition coefficient (Wildman–Crippen LogP) is 2.34. The highest BCUT2D eigenvalue weighted by Gasteiger charge is 2.17.